The summed E-state index contributed by atoms with van der Waals surface area (Å²) in [6.07, 6.45) is -1.18. The molecule has 178 valence electrons. The first-order chi connectivity index (χ1) is 16.7. The maximum Gasteiger partial charge on any atom is 0.321 e. The maximum atomic E-state index is 13.7. The number of amides is 3. The van der Waals surface area contributed by atoms with Crippen molar-refractivity contribution in [2.45, 2.75) is 33.9 Å². The van der Waals surface area contributed by atoms with Gasteiger partial charge in [0.1, 0.15) is 0 Å². The molecule has 0 spiro atoms. The van der Waals surface area contributed by atoms with E-state index in [2.05, 4.69) is 15.6 Å². The van der Waals surface area contributed by atoms with E-state index in [0.717, 1.165) is 22.3 Å². The van der Waals surface area contributed by atoms with Crippen LogP contribution < -0.4 is 15.5 Å². The van der Waals surface area contributed by atoms with Crippen molar-refractivity contribution in [1.29, 1.82) is 0 Å². The van der Waals surface area contributed by atoms with Gasteiger partial charge in [-0.15, -0.1) is 0 Å². The molecule has 35 heavy (non-hydrogen) atoms. The summed E-state index contributed by atoms with van der Waals surface area (Å²) in [5.41, 5.74) is 5.81. The number of carbonyl (C=O) groups is 3. The summed E-state index contributed by atoms with van der Waals surface area (Å²) in [6, 6.07) is 19.7. The number of rotatable bonds is 5. The van der Waals surface area contributed by atoms with Gasteiger partial charge in [0.25, 0.3) is 5.91 Å². The van der Waals surface area contributed by atoms with Gasteiger partial charge in [-0.3, -0.25) is 14.6 Å². The van der Waals surface area contributed by atoms with Gasteiger partial charge in [0.2, 0.25) is 6.17 Å². The second kappa shape index (κ2) is 9.93. The largest absolute Gasteiger partial charge is 0.321 e. The predicted molar refractivity (Wildman–Crippen MR) is 138 cm³/mol. The number of nitrogens with one attached hydrogen (secondary N) is 2. The number of para-hydroxylation sites is 1. The third-order valence-corrected chi connectivity index (χ3v) is 6.01. The molecule has 0 radical (unpaired) electrons. The van der Waals surface area contributed by atoms with Gasteiger partial charge in [0.15, 0.2) is 5.78 Å². The Morgan fingerprint density at radius 2 is 1.63 bits per heavy atom. The summed E-state index contributed by atoms with van der Waals surface area (Å²) in [4.78, 5) is 45.7. The van der Waals surface area contributed by atoms with E-state index in [1.54, 1.807) is 25.1 Å². The van der Waals surface area contributed by atoms with Crippen LogP contribution in [-0.2, 0) is 4.79 Å². The van der Waals surface area contributed by atoms with Crippen molar-refractivity contribution >= 4 is 34.8 Å². The fourth-order valence-corrected chi connectivity index (χ4v) is 4.27. The molecular formula is C28H28N4O3. The van der Waals surface area contributed by atoms with Gasteiger partial charge in [-0.2, -0.15) is 0 Å². The molecule has 0 bridgehead atoms. The van der Waals surface area contributed by atoms with Crippen LogP contribution in [0.25, 0.3) is 0 Å². The molecule has 7 nitrogen and oxygen atoms in total. The molecule has 3 amide bonds. The number of hydrogen-bond donors (Lipinski definition) is 2. The number of benzene rings is 3. The van der Waals surface area contributed by atoms with Gasteiger partial charge in [0, 0.05) is 22.5 Å². The average molecular weight is 469 g/mol. The Morgan fingerprint density at radius 1 is 0.914 bits per heavy atom. The van der Waals surface area contributed by atoms with Crippen LogP contribution in [0.15, 0.2) is 71.7 Å². The lowest BCUT2D eigenvalue weighted by Crippen LogP contribution is -2.50. The Labute approximate surface area is 204 Å². The van der Waals surface area contributed by atoms with E-state index in [9.17, 15) is 14.4 Å². The number of urea groups is 1. The van der Waals surface area contributed by atoms with E-state index in [-0.39, 0.29) is 12.3 Å². The molecule has 0 saturated heterocycles. The van der Waals surface area contributed by atoms with Crippen LogP contribution in [-0.4, -0.2) is 36.1 Å². The number of aryl methyl sites for hydroxylation is 3. The highest BCUT2D eigenvalue weighted by molar-refractivity contribution is 6.16. The van der Waals surface area contributed by atoms with Gasteiger partial charge in [-0.25, -0.2) is 4.79 Å². The molecule has 1 aliphatic heterocycles. The summed E-state index contributed by atoms with van der Waals surface area (Å²) in [5.74, 6) is -0.660. The zero-order valence-electron chi connectivity index (χ0n) is 20.3. The van der Waals surface area contributed by atoms with Gasteiger partial charge >= 0.3 is 6.03 Å². The molecule has 0 fully saturated rings. The molecule has 0 saturated carbocycles. The normalized spacial score (nSPS) is 15.1. The van der Waals surface area contributed by atoms with E-state index in [0.29, 0.717) is 22.6 Å². The number of Topliss-reactive ketones (excluding diaryl/α,β-unsaturated/α-hetero) is 1. The van der Waals surface area contributed by atoms with Gasteiger partial charge < -0.3 is 15.5 Å². The van der Waals surface area contributed by atoms with Crippen LogP contribution in [0.1, 0.15) is 39.5 Å². The number of aliphatic imine (C=N–C) groups is 1. The fourth-order valence-electron chi connectivity index (χ4n) is 4.27. The molecule has 0 aliphatic carbocycles. The van der Waals surface area contributed by atoms with Crippen molar-refractivity contribution < 1.29 is 14.4 Å². The van der Waals surface area contributed by atoms with Crippen molar-refractivity contribution in [2.24, 2.45) is 4.99 Å². The Morgan fingerprint density at radius 3 is 2.37 bits per heavy atom. The minimum atomic E-state index is -1.18. The minimum Gasteiger partial charge on any atom is -0.308 e. The van der Waals surface area contributed by atoms with E-state index in [4.69, 9.17) is 0 Å². The highest BCUT2D eigenvalue weighted by atomic mass is 16.2. The smallest absolute Gasteiger partial charge is 0.308 e. The molecule has 7 heteroatoms. The van der Waals surface area contributed by atoms with Gasteiger partial charge in [-0.1, -0.05) is 54.6 Å². The summed E-state index contributed by atoms with van der Waals surface area (Å²) >= 11 is 0. The average Bonchev–Trinajstić information content (AvgIpc) is 2.90. The van der Waals surface area contributed by atoms with E-state index in [1.165, 1.54) is 4.90 Å². The summed E-state index contributed by atoms with van der Waals surface area (Å²) in [5, 5.41) is 5.43. The zero-order chi connectivity index (χ0) is 25.1. The predicted octanol–water partition coefficient (Wildman–Crippen LogP) is 4.80. The number of hydrogen-bond acceptors (Lipinski definition) is 4. The Bertz CT molecular complexity index is 1350. The molecule has 2 N–H and O–H groups in total. The third kappa shape index (κ3) is 5.14. The van der Waals surface area contributed by atoms with Crippen LogP contribution in [0.2, 0.25) is 0 Å². The first-order valence-corrected chi connectivity index (χ1v) is 11.4. The second-order valence-corrected chi connectivity index (χ2v) is 8.72. The molecule has 3 aromatic carbocycles. The van der Waals surface area contributed by atoms with Crippen LogP contribution in [0.5, 0.6) is 0 Å². The molecule has 3 aromatic rings. The first-order valence-electron chi connectivity index (χ1n) is 11.4. The molecule has 0 aromatic heterocycles. The SMILES string of the molecule is CC1=NC(NC(=O)Nc2cccc(C)c2)C(=O)N(CC(=O)c2ccccc2C)c2c(C)cccc21. The molecular weight excluding hydrogens is 440 g/mol. The van der Waals surface area contributed by atoms with Crippen molar-refractivity contribution in [3.63, 3.8) is 0 Å². The number of ketones is 1. The standard InChI is InChI=1S/C28H28N4O3/c1-17-9-7-12-21(15-17)30-28(35)31-26-27(34)32(16-24(33)22-13-6-5-10-18(22)2)25-19(3)11-8-14-23(25)20(4)29-26/h5-15,26H,16H2,1-4H3,(H2,30,31,35). The summed E-state index contributed by atoms with van der Waals surface area (Å²) < 4.78 is 0. The van der Waals surface area contributed by atoms with Crippen molar-refractivity contribution in [1.82, 2.24) is 5.32 Å². The highest BCUT2D eigenvalue weighted by Gasteiger charge is 2.34. The lowest BCUT2D eigenvalue weighted by molar-refractivity contribution is -0.120. The first kappa shape index (κ1) is 23.9. The molecule has 1 aliphatic rings. The van der Waals surface area contributed by atoms with Crippen LogP contribution in [0, 0.1) is 20.8 Å². The number of anilines is 2. The quantitative estimate of drug-likeness (QED) is 0.527. The van der Waals surface area contributed by atoms with Crippen LogP contribution >= 0.6 is 0 Å². The summed E-state index contributed by atoms with van der Waals surface area (Å²) in [7, 11) is 0. The van der Waals surface area contributed by atoms with Crippen LogP contribution in [0.4, 0.5) is 16.2 Å². The summed E-state index contributed by atoms with van der Waals surface area (Å²) in [6.45, 7) is 7.31. The van der Waals surface area contributed by atoms with E-state index >= 15 is 0 Å². The Hall–Kier alpha value is -4.26. The zero-order valence-corrected chi connectivity index (χ0v) is 20.3. The molecule has 4 rings (SSSR count). The minimum absolute atomic E-state index is 0.165. The molecule has 1 heterocycles. The second-order valence-electron chi connectivity index (χ2n) is 8.72. The number of carbonyl (C=O) groups excluding carboxylic acids is 3. The van der Waals surface area contributed by atoms with E-state index < -0.39 is 18.1 Å². The maximum absolute atomic E-state index is 13.7. The van der Waals surface area contributed by atoms with Crippen LogP contribution in [0.3, 0.4) is 0 Å². The Balaban J connectivity index is 1.66. The lowest BCUT2D eigenvalue weighted by Gasteiger charge is -2.26. The van der Waals surface area contributed by atoms with Gasteiger partial charge in [-0.05, 0) is 56.5 Å². The van der Waals surface area contributed by atoms with Crippen molar-refractivity contribution in [2.75, 3.05) is 16.8 Å². The molecule has 1 atom stereocenters. The third-order valence-electron chi connectivity index (χ3n) is 6.01. The topological polar surface area (TPSA) is 90.9 Å². The Kier molecular flexibility index (Phi) is 6.78. The van der Waals surface area contributed by atoms with Crippen molar-refractivity contribution in [3.05, 3.63) is 94.5 Å². The highest BCUT2D eigenvalue weighted by Crippen LogP contribution is 2.30. The monoisotopic (exact) mass is 468 g/mol. The van der Waals surface area contributed by atoms with Crippen molar-refractivity contribution in [3.8, 4) is 0 Å². The number of benzodiazepines with no additional fused rings is 1. The van der Waals surface area contributed by atoms with Gasteiger partial charge in [0.05, 0.1) is 12.2 Å². The lowest BCUT2D eigenvalue weighted by atomic mass is 10.0. The van der Waals surface area contributed by atoms with E-state index in [1.807, 2.05) is 69.3 Å². The fraction of sp³-hybridized carbons (Fsp3) is 0.214. The number of fused-ring (bicyclic) bond motifs is 1. The number of nitrogens with zero attached hydrogens (tertiary/aromatic N) is 2. The molecule has 1 unspecified atom stereocenters.